The maximum atomic E-state index is 11.0. The molecule has 1 heterocycles. The summed E-state index contributed by atoms with van der Waals surface area (Å²) in [5, 5.41) is 8.98. The topological polar surface area (TPSA) is 40.5 Å². The van der Waals surface area contributed by atoms with Gasteiger partial charge < -0.3 is 10.0 Å². The van der Waals surface area contributed by atoms with Gasteiger partial charge in [0.15, 0.2) is 0 Å². The zero-order chi connectivity index (χ0) is 9.84. The van der Waals surface area contributed by atoms with Gasteiger partial charge in [0.25, 0.3) is 0 Å². The monoisotopic (exact) mass is 185 g/mol. The van der Waals surface area contributed by atoms with Gasteiger partial charge in [-0.25, -0.2) is 0 Å². The predicted octanol–water partition coefficient (Wildman–Crippen LogP) is 0.873. The second kappa shape index (κ2) is 4.61. The first-order chi connectivity index (χ1) is 6.15. The number of amides is 1. The van der Waals surface area contributed by atoms with Crippen molar-refractivity contribution in [2.45, 2.75) is 26.7 Å². The van der Waals surface area contributed by atoms with E-state index in [1.165, 1.54) is 0 Å². The van der Waals surface area contributed by atoms with Gasteiger partial charge in [0.2, 0.25) is 5.91 Å². The molecular weight excluding hydrogens is 166 g/mol. The molecule has 1 unspecified atom stereocenters. The van der Waals surface area contributed by atoms with Crippen LogP contribution in [0.25, 0.3) is 0 Å². The van der Waals surface area contributed by atoms with Gasteiger partial charge >= 0.3 is 0 Å². The molecule has 0 bridgehead atoms. The lowest BCUT2D eigenvalue weighted by Crippen LogP contribution is -2.38. The van der Waals surface area contributed by atoms with Crippen molar-refractivity contribution < 1.29 is 9.90 Å². The van der Waals surface area contributed by atoms with Crippen molar-refractivity contribution in [2.75, 3.05) is 19.7 Å². The van der Waals surface area contributed by atoms with Crippen LogP contribution in [0.1, 0.15) is 26.7 Å². The molecule has 0 aliphatic carbocycles. The molecule has 3 nitrogen and oxygen atoms in total. The lowest BCUT2D eigenvalue weighted by molar-refractivity contribution is -0.130. The molecular formula is C10H19NO2. The Labute approximate surface area is 79.7 Å². The molecule has 1 atom stereocenters. The highest BCUT2D eigenvalue weighted by molar-refractivity contribution is 5.73. The fraction of sp³-hybridized carbons (Fsp3) is 0.900. The number of nitrogens with zero attached hydrogens (tertiary/aromatic N) is 1. The molecule has 0 aromatic carbocycles. The molecule has 76 valence electrons. The van der Waals surface area contributed by atoms with Gasteiger partial charge in [-0.1, -0.05) is 6.92 Å². The lowest BCUT2D eigenvalue weighted by Gasteiger charge is -2.33. The molecule has 0 aromatic heterocycles. The highest BCUT2D eigenvalue weighted by atomic mass is 16.3. The number of hydrogen-bond donors (Lipinski definition) is 1. The lowest BCUT2D eigenvalue weighted by atomic mass is 9.86. The summed E-state index contributed by atoms with van der Waals surface area (Å²) in [6.45, 7) is 5.70. The number of likely N-dealkylation sites (tertiary alicyclic amines) is 1. The number of aliphatic hydroxyl groups excluding tert-OH is 1. The minimum atomic E-state index is 0.176. The van der Waals surface area contributed by atoms with Crippen LogP contribution in [0.3, 0.4) is 0 Å². The Morgan fingerprint density at radius 3 is 2.46 bits per heavy atom. The summed E-state index contributed by atoms with van der Waals surface area (Å²) < 4.78 is 0. The first kappa shape index (κ1) is 10.5. The molecule has 1 N–H and O–H groups in total. The standard InChI is InChI=1S/C10H19NO2/c1-8(7-12)10-3-5-11(6-4-10)9(2)13/h8,10,12H,3-7H2,1-2H3. The van der Waals surface area contributed by atoms with E-state index >= 15 is 0 Å². The zero-order valence-corrected chi connectivity index (χ0v) is 8.49. The second-order valence-corrected chi connectivity index (χ2v) is 4.00. The molecule has 1 fully saturated rings. The van der Waals surface area contributed by atoms with Crippen LogP contribution >= 0.6 is 0 Å². The van der Waals surface area contributed by atoms with Crippen LogP contribution in [0.15, 0.2) is 0 Å². The van der Waals surface area contributed by atoms with E-state index in [1.807, 2.05) is 4.90 Å². The zero-order valence-electron chi connectivity index (χ0n) is 8.49. The fourth-order valence-electron chi connectivity index (χ4n) is 1.93. The van der Waals surface area contributed by atoms with Crippen LogP contribution in [0, 0.1) is 11.8 Å². The first-order valence-corrected chi connectivity index (χ1v) is 5.01. The molecule has 1 aliphatic heterocycles. The average Bonchev–Trinajstić information content (AvgIpc) is 2.17. The van der Waals surface area contributed by atoms with E-state index in [9.17, 15) is 4.79 Å². The smallest absolute Gasteiger partial charge is 0.219 e. The summed E-state index contributed by atoms with van der Waals surface area (Å²) in [6.07, 6.45) is 2.09. The SMILES string of the molecule is CC(=O)N1CCC(C(C)CO)CC1. The molecule has 0 radical (unpaired) electrons. The molecule has 1 rings (SSSR count). The van der Waals surface area contributed by atoms with Crippen LogP contribution in [0.4, 0.5) is 0 Å². The summed E-state index contributed by atoms with van der Waals surface area (Å²) in [4.78, 5) is 12.9. The van der Waals surface area contributed by atoms with Gasteiger partial charge in [-0.05, 0) is 24.7 Å². The van der Waals surface area contributed by atoms with Crippen molar-refractivity contribution in [1.29, 1.82) is 0 Å². The van der Waals surface area contributed by atoms with Gasteiger partial charge in [-0.2, -0.15) is 0 Å². The Morgan fingerprint density at radius 1 is 1.54 bits per heavy atom. The molecule has 3 heteroatoms. The predicted molar refractivity (Wildman–Crippen MR) is 51.2 cm³/mol. The molecule has 0 spiro atoms. The molecule has 1 saturated heterocycles. The summed E-state index contributed by atoms with van der Waals surface area (Å²) in [6, 6.07) is 0. The largest absolute Gasteiger partial charge is 0.396 e. The Kier molecular flexibility index (Phi) is 3.72. The number of rotatable bonds is 2. The molecule has 0 saturated carbocycles. The fourth-order valence-corrected chi connectivity index (χ4v) is 1.93. The van der Waals surface area contributed by atoms with Gasteiger partial charge in [-0.3, -0.25) is 4.79 Å². The molecule has 0 aromatic rings. The van der Waals surface area contributed by atoms with E-state index in [-0.39, 0.29) is 12.5 Å². The van der Waals surface area contributed by atoms with E-state index in [0.29, 0.717) is 11.8 Å². The van der Waals surface area contributed by atoms with Crippen molar-refractivity contribution in [3.05, 3.63) is 0 Å². The van der Waals surface area contributed by atoms with E-state index in [2.05, 4.69) is 6.92 Å². The summed E-state index contributed by atoms with van der Waals surface area (Å²) in [5.74, 6) is 1.16. The van der Waals surface area contributed by atoms with Gasteiger partial charge in [0.1, 0.15) is 0 Å². The van der Waals surface area contributed by atoms with E-state index in [0.717, 1.165) is 25.9 Å². The number of carbonyl (C=O) groups excluding carboxylic acids is 1. The highest BCUT2D eigenvalue weighted by Gasteiger charge is 2.24. The third-order valence-corrected chi connectivity index (χ3v) is 3.08. The summed E-state index contributed by atoms with van der Waals surface area (Å²) in [5.41, 5.74) is 0. The van der Waals surface area contributed by atoms with Crippen molar-refractivity contribution in [2.24, 2.45) is 11.8 Å². The molecule has 1 amide bonds. The second-order valence-electron chi connectivity index (χ2n) is 4.00. The molecule has 13 heavy (non-hydrogen) atoms. The maximum Gasteiger partial charge on any atom is 0.219 e. The third kappa shape index (κ3) is 2.69. The van der Waals surface area contributed by atoms with Crippen molar-refractivity contribution in [1.82, 2.24) is 4.90 Å². The Balaban J connectivity index is 2.34. The minimum absolute atomic E-state index is 0.176. The van der Waals surface area contributed by atoms with Crippen LogP contribution in [-0.2, 0) is 4.79 Å². The van der Waals surface area contributed by atoms with E-state index in [1.54, 1.807) is 6.92 Å². The average molecular weight is 185 g/mol. The minimum Gasteiger partial charge on any atom is -0.396 e. The van der Waals surface area contributed by atoms with Gasteiger partial charge in [0, 0.05) is 26.6 Å². The van der Waals surface area contributed by atoms with Crippen LogP contribution in [0.5, 0.6) is 0 Å². The van der Waals surface area contributed by atoms with Crippen LogP contribution in [0.2, 0.25) is 0 Å². The number of piperidine rings is 1. The first-order valence-electron chi connectivity index (χ1n) is 5.01. The normalized spacial score (nSPS) is 21.6. The summed E-state index contributed by atoms with van der Waals surface area (Å²) in [7, 11) is 0. The van der Waals surface area contributed by atoms with E-state index < -0.39 is 0 Å². The number of carbonyl (C=O) groups is 1. The van der Waals surface area contributed by atoms with Crippen LogP contribution in [-0.4, -0.2) is 35.6 Å². The third-order valence-electron chi connectivity index (χ3n) is 3.08. The quantitative estimate of drug-likeness (QED) is 0.693. The summed E-state index contributed by atoms with van der Waals surface area (Å²) >= 11 is 0. The Hall–Kier alpha value is -0.570. The Morgan fingerprint density at radius 2 is 2.08 bits per heavy atom. The number of hydrogen-bond acceptors (Lipinski definition) is 2. The van der Waals surface area contributed by atoms with E-state index in [4.69, 9.17) is 5.11 Å². The van der Waals surface area contributed by atoms with Crippen molar-refractivity contribution >= 4 is 5.91 Å². The Bertz CT molecular complexity index is 174. The van der Waals surface area contributed by atoms with Gasteiger partial charge in [-0.15, -0.1) is 0 Å². The number of aliphatic hydroxyl groups is 1. The maximum absolute atomic E-state index is 11.0. The van der Waals surface area contributed by atoms with Gasteiger partial charge in [0.05, 0.1) is 0 Å². The molecule has 1 aliphatic rings. The van der Waals surface area contributed by atoms with Crippen LogP contribution < -0.4 is 0 Å². The van der Waals surface area contributed by atoms with Crippen molar-refractivity contribution in [3.8, 4) is 0 Å². The highest BCUT2D eigenvalue weighted by Crippen LogP contribution is 2.24. The van der Waals surface area contributed by atoms with Crippen molar-refractivity contribution in [3.63, 3.8) is 0 Å².